The number of rotatable bonds is 2. The zero-order valence-electron chi connectivity index (χ0n) is 8.40. The molecule has 1 heterocycles. The smallest absolute Gasteiger partial charge is 0.135 e. The van der Waals surface area contributed by atoms with Crippen molar-refractivity contribution in [3.8, 4) is 5.75 Å². The number of benzene rings is 1. The van der Waals surface area contributed by atoms with Crippen LogP contribution in [0.3, 0.4) is 0 Å². The molecule has 15 heavy (non-hydrogen) atoms. The fraction of sp³-hybridized carbons (Fsp3) is 0.400. The number of ether oxygens (including phenoxy) is 1. The molecule has 0 aromatic heterocycles. The van der Waals surface area contributed by atoms with Gasteiger partial charge in [-0.2, -0.15) is 4.36 Å². The highest BCUT2D eigenvalue weighted by molar-refractivity contribution is 9.10. The Bertz CT molecular complexity index is 482. The van der Waals surface area contributed by atoms with Gasteiger partial charge in [-0.1, -0.05) is 0 Å². The maximum Gasteiger partial charge on any atom is 0.135 e. The molecule has 1 aromatic rings. The second-order valence-corrected chi connectivity index (χ2v) is 6.84. The summed E-state index contributed by atoms with van der Waals surface area (Å²) in [6, 6.07) is 5.51. The number of nitrogens with zero attached hydrogens (tertiary/aromatic N) is 1. The molecular formula is C10H12BrNO2S. The molecular weight excluding hydrogens is 278 g/mol. The number of halogens is 1. The van der Waals surface area contributed by atoms with E-state index in [0.29, 0.717) is 0 Å². The van der Waals surface area contributed by atoms with Gasteiger partial charge < -0.3 is 4.74 Å². The van der Waals surface area contributed by atoms with Crippen molar-refractivity contribution in [2.24, 2.45) is 4.36 Å². The predicted molar refractivity (Wildman–Crippen MR) is 65.3 cm³/mol. The molecule has 2 rings (SSSR count). The number of hydrogen-bond acceptors (Lipinski definition) is 3. The van der Waals surface area contributed by atoms with Crippen molar-refractivity contribution >= 4 is 31.3 Å². The van der Waals surface area contributed by atoms with Gasteiger partial charge in [0.25, 0.3) is 0 Å². The van der Waals surface area contributed by atoms with Crippen LogP contribution in [-0.4, -0.2) is 22.8 Å². The van der Waals surface area contributed by atoms with Gasteiger partial charge in [0.2, 0.25) is 0 Å². The minimum Gasteiger partial charge on any atom is -0.495 e. The van der Waals surface area contributed by atoms with Crippen LogP contribution in [0.5, 0.6) is 5.75 Å². The average molecular weight is 290 g/mol. The number of hydrogen-bond donors (Lipinski definition) is 0. The van der Waals surface area contributed by atoms with E-state index in [9.17, 15) is 4.21 Å². The van der Waals surface area contributed by atoms with Crippen LogP contribution in [-0.2, 0) is 9.73 Å². The highest BCUT2D eigenvalue weighted by Crippen LogP contribution is 2.31. The van der Waals surface area contributed by atoms with E-state index in [0.717, 1.165) is 33.8 Å². The fourth-order valence-corrected chi connectivity index (χ4v) is 3.25. The second-order valence-electron chi connectivity index (χ2n) is 3.44. The molecule has 0 N–H and O–H groups in total. The first kappa shape index (κ1) is 11.0. The fourth-order valence-electron chi connectivity index (χ4n) is 1.38. The van der Waals surface area contributed by atoms with Crippen LogP contribution in [0.15, 0.2) is 27.0 Å². The summed E-state index contributed by atoms with van der Waals surface area (Å²) in [4.78, 5) is 0. The van der Waals surface area contributed by atoms with Crippen molar-refractivity contribution in [2.75, 3.05) is 18.6 Å². The van der Waals surface area contributed by atoms with Gasteiger partial charge in [0.05, 0.1) is 27.0 Å². The first-order valence-electron chi connectivity index (χ1n) is 4.69. The van der Waals surface area contributed by atoms with Gasteiger partial charge in [-0.3, -0.25) is 0 Å². The predicted octanol–water partition coefficient (Wildman–Crippen LogP) is 2.96. The zero-order chi connectivity index (χ0) is 10.9. The SMILES string of the molecule is COc1cc(N=S2(=O)CCC2)ccc1Br. The summed E-state index contributed by atoms with van der Waals surface area (Å²) in [6.07, 6.45) is 1.02. The van der Waals surface area contributed by atoms with Crippen molar-refractivity contribution in [3.63, 3.8) is 0 Å². The third-order valence-corrected chi connectivity index (χ3v) is 5.38. The van der Waals surface area contributed by atoms with Crippen molar-refractivity contribution in [2.45, 2.75) is 6.42 Å². The van der Waals surface area contributed by atoms with E-state index in [-0.39, 0.29) is 0 Å². The van der Waals surface area contributed by atoms with Gasteiger partial charge in [0, 0.05) is 17.6 Å². The summed E-state index contributed by atoms with van der Waals surface area (Å²) < 4.78 is 22.2. The van der Waals surface area contributed by atoms with E-state index < -0.39 is 9.73 Å². The van der Waals surface area contributed by atoms with Crippen LogP contribution in [0.25, 0.3) is 0 Å². The van der Waals surface area contributed by atoms with E-state index >= 15 is 0 Å². The first-order valence-corrected chi connectivity index (χ1v) is 7.34. The quantitative estimate of drug-likeness (QED) is 0.840. The second kappa shape index (κ2) is 4.14. The van der Waals surface area contributed by atoms with Gasteiger partial charge in [0.15, 0.2) is 0 Å². The first-order chi connectivity index (χ1) is 7.13. The molecule has 5 heteroatoms. The highest BCUT2D eigenvalue weighted by atomic mass is 79.9. The monoisotopic (exact) mass is 289 g/mol. The Labute approximate surface area is 98.1 Å². The molecule has 0 unspecified atom stereocenters. The molecule has 0 radical (unpaired) electrons. The summed E-state index contributed by atoms with van der Waals surface area (Å²) in [6.45, 7) is 0. The third kappa shape index (κ3) is 2.34. The van der Waals surface area contributed by atoms with Gasteiger partial charge in [-0.15, -0.1) is 0 Å². The normalized spacial score (nSPS) is 18.0. The lowest BCUT2D eigenvalue weighted by atomic mass is 10.3. The maximum absolute atomic E-state index is 11.9. The van der Waals surface area contributed by atoms with Crippen molar-refractivity contribution < 1.29 is 8.95 Å². The van der Waals surface area contributed by atoms with Crippen molar-refractivity contribution in [1.29, 1.82) is 0 Å². The zero-order valence-corrected chi connectivity index (χ0v) is 10.8. The Morgan fingerprint density at radius 2 is 2.20 bits per heavy atom. The molecule has 1 saturated heterocycles. The molecule has 0 aliphatic carbocycles. The molecule has 0 bridgehead atoms. The van der Waals surface area contributed by atoms with Crippen LogP contribution in [0.1, 0.15) is 6.42 Å². The van der Waals surface area contributed by atoms with E-state index in [1.54, 1.807) is 13.2 Å². The maximum atomic E-state index is 11.9. The van der Waals surface area contributed by atoms with E-state index in [2.05, 4.69) is 20.3 Å². The van der Waals surface area contributed by atoms with Gasteiger partial charge in [-0.25, -0.2) is 4.21 Å². The minimum atomic E-state index is -1.93. The van der Waals surface area contributed by atoms with Crippen LogP contribution in [0.2, 0.25) is 0 Å². The van der Waals surface area contributed by atoms with Crippen LogP contribution >= 0.6 is 15.9 Å². The lowest BCUT2D eigenvalue weighted by Gasteiger charge is -2.17. The van der Waals surface area contributed by atoms with Gasteiger partial charge in [0.1, 0.15) is 5.75 Å². The summed E-state index contributed by atoms with van der Waals surface area (Å²) in [7, 11) is -0.321. The highest BCUT2D eigenvalue weighted by Gasteiger charge is 2.19. The molecule has 0 amide bonds. The van der Waals surface area contributed by atoms with E-state index in [1.807, 2.05) is 12.1 Å². The topological polar surface area (TPSA) is 38.7 Å². The van der Waals surface area contributed by atoms with E-state index in [4.69, 9.17) is 4.74 Å². The molecule has 0 spiro atoms. The molecule has 82 valence electrons. The Kier molecular flexibility index (Phi) is 3.02. The molecule has 0 atom stereocenters. The Balaban J connectivity index is 2.38. The summed E-state index contributed by atoms with van der Waals surface area (Å²) >= 11 is 3.36. The molecule has 0 saturated carbocycles. The standard InChI is InChI=1S/C10H12BrNO2S/c1-14-10-7-8(3-4-9(10)11)12-15(13)5-2-6-15/h3-4,7H,2,5-6H2,1H3. The van der Waals surface area contributed by atoms with Crippen LogP contribution in [0.4, 0.5) is 5.69 Å². The molecule has 1 fully saturated rings. The van der Waals surface area contributed by atoms with E-state index in [1.165, 1.54) is 0 Å². The Morgan fingerprint density at radius 1 is 1.47 bits per heavy atom. The van der Waals surface area contributed by atoms with Crippen molar-refractivity contribution in [1.82, 2.24) is 0 Å². The summed E-state index contributed by atoms with van der Waals surface area (Å²) in [5.41, 5.74) is 0.736. The molecule has 1 aliphatic rings. The summed E-state index contributed by atoms with van der Waals surface area (Å²) in [5, 5.41) is 0. The largest absolute Gasteiger partial charge is 0.495 e. The van der Waals surface area contributed by atoms with Gasteiger partial charge >= 0.3 is 0 Å². The molecule has 3 nitrogen and oxygen atoms in total. The molecule has 1 aromatic carbocycles. The summed E-state index contributed by atoms with van der Waals surface area (Å²) in [5.74, 6) is 2.18. The van der Waals surface area contributed by atoms with Gasteiger partial charge in [-0.05, 0) is 34.5 Å². The minimum absolute atomic E-state index is 0.721. The Hall–Kier alpha value is -0.550. The Morgan fingerprint density at radius 3 is 2.73 bits per heavy atom. The molecule has 1 aliphatic heterocycles. The lowest BCUT2D eigenvalue weighted by Crippen LogP contribution is -2.22. The lowest BCUT2D eigenvalue weighted by molar-refractivity contribution is 0.412. The third-order valence-electron chi connectivity index (χ3n) is 2.33. The average Bonchev–Trinajstić information content (AvgIpc) is 2.18. The van der Waals surface area contributed by atoms with Crippen LogP contribution < -0.4 is 4.74 Å². The van der Waals surface area contributed by atoms with Crippen LogP contribution in [0, 0.1) is 0 Å². The van der Waals surface area contributed by atoms with Crippen molar-refractivity contribution in [3.05, 3.63) is 22.7 Å². The number of methoxy groups -OCH3 is 1.